The molecule has 37 heavy (non-hydrogen) atoms. The van der Waals surface area contributed by atoms with E-state index in [1.54, 1.807) is 12.1 Å². The number of nitrogens with zero attached hydrogens (tertiary/aromatic N) is 2. The number of phenolic OH excluding ortho intramolecular Hbond substituents is 2. The number of hydrogen-bond acceptors (Lipinski definition) is 8. The van der Waals surface area contributed by atoms with Crippen LogP contribution in [0.25, 0.3) is 12.2 Å². The van der Waals surface area contributed by atoms with Crippen molar-refractivity contribution in [1.29, 1.82) is 10.5 Å². The largest absolute Gasteiger partial charge is 0.504 e. The van der Waals surface area contributed by atoms with Crippen molar-refractivity contribution in [1.82, 2.24) is 10.6 Å². The zero-order valence-corrected chi connectivity index (χ0v) is 20.6. The lowest BCUT2D eigenvalue weighted by Gasteiger charge is -2.07. The van der Waals surface area contributed by atoms with Gasteiger partial charge in [-0.2, -0.15) is 10.5 Å². The summed E-state index contributed by atoms with van der Waals surface area (Å²) in [7, 11) is 2.84. The molecule has 2 aromatic carbocycles. The highest BCUT2D eigenvalue weighted by Crippen LogP contribution is 2.28. The number of nitriles is 2. The maximum absolute atomic E-state index is 12.3. The Bertz CT molecular complexity index is 1170. The van der Waals surface area contributed by atoms with Crippen molar-refractivity contribution < 1.29 is 29.3 Å². The van der Waals surface area contributed by atoms with E-state index in [0.29, 0.717) is 43.5 Å². The molecule has 0 aliphatic heterocycles. The summed E-state index contributed by atoms with van der Waals surface area (Å²) in [5, 5.41) is 43.6. The summed E-state index contributed by atoms with van der Waals surface area (Å²) in [5.74, 6) is -0.682. The summed E-state index contributed by atoms with van der Waals surface area (Å²) >= 11 is 0. The lowest BCUT2D eigenvalue weighted by molar-refractivity contribution is -0.117. The van der Waals surface area contributed by atoms with E-state index in [1.165, 1.54) is 50.6 Å². The second-order valence-corrected chi connectivity index (χ2v) is 7.77. The third-order valence-corrected chi connectivity index (χ3v) is 5.18. The zero-order valence-electron chi connectivity index (χ0n) is 20.6. The SMILES string of the molecule is COc1ccc(/C=C(\C#N)C(=O)NCCCCCNC(=O)/C(C#N)=C/c2ccc(OC)c(O)c2)cc1O. The molecular weight excluding hydrogens is 476 g/mol. The van der Waals surface area contributed by atoms with Gasteiger partial charge in [-0.1, -0.05) is 12.1 Å². The Kier molecular flexibility index (Phi) is 11.0. The molecule has 0 heterocycles. The number of carbonyl (C=O) groups is 2. The van der Waals surface area contributed by atoms with Crippen molar-refractivity contribution in [3.63, 3.8) is 0 Å². The van der Waals surface area contributed by atoms with Gasteiger partial charge in [0.05, 0.1) is 14.2 Å². The van der Waals surface area contributed by atoms with Crippen molar-refractivity contribution in [2.75, 3.05) is 27.3 Å². The van der Waals surface area contributed by atoms with Crippen LogP contribution in [0.5, 0.6) is 23.0 Å². The number of rotatable bonds is 12. The van der Waals surface area contributed by atoms with Crippen molar-refractivity contribution in [3.05, 3.63) is 58.7 Å². The predicted molar refractivity (Wildman–Crippen MR) is 136 cm³/mol. The zero-order chi connectivity index (χ0) is 27.2. The summed E-state index contributed by atoms with van der Waals surface area (Å²) in [6, 6.07) is 12.8. The molecule has 2 aromatic rings. The first-order valence-electron chi connectivity index (χ1n) is 11.4. The molecule has 0 radical (unpaired) electrons. The van der Waals surface area contributed by atoms with Gasteiger partial charge in [0, 0.05) is 13.1 Å². The van der Waals surface area contributed by atoms with E-state index in [4.69, 9.17) is 9.47 Å². The van der Waals surface area contributed by atoms with Crippen LogP contribution in [0.2, 0.25) is 0 Å². The fraction of sp³-hybridized carbons (Fsp3) is 0.259. The predicted octanol–water partition coefficient (Wildman–Crippen LogP) is 3.03. The minimum Gasteiger partial charge on any atom is -0.504 e. The molecular formula is C27H28N4O6. The van der Waals surface area contributed by atoms with Crippen LogP contribution in [0.3, 0.4) is 0 Å². The standard InChI is InChI=1S/C27H28N4O6/c1-36-24-8-6-18(14-22(24)32)12-20(16-28)26(34)30-10-4-3-5-11-31-27(35)21(17-29)13-19-7-9-25(37-2)23(33)15-19/h6-9,12-15,32-33H,3-5,10-11H2,1-2H3,(H,30,34)(H,31,35)/b20-12+,21-13+. The number of methoxy groups -OCH3 is 2. The van der Waals surface area contributed by atoms with Gasteiger partial charge in [-0.25, -0.2) is 0 Å². The van der Waals surface area contributed by atoms with Crippen LogP contribution in [0.4, 0.5) is 0 Å². The van der Waals surface area contributed by atoms with Gasteiger partial charge in [-0.05, 0) is 66.8 Å². The fourth-order valence-corrected chi connectivity index (χ4v) is 3.25. The monoisotopic (exact) mass is 504 g/mol. The van der Waals surface area contributed by atoms with Crippen LogP contribution >= 0.6 is 0 Å². The second kappa shape index (κ2) is 14.4. The molecule has 0 fully saturated rings. The number of nitrogens with one attached hydrogen (secondary N) is 2. The Morgan fingerprint density at radius 2 is 1.19 bits per heavy atom. The number of amides is 2. The molecule has 2 amide bonds. The van der Waals surface area contributed by atoms with Gasteiger partial charge >= 0.3 is 0 Å². The van der Waals surface area contributed by atoms with E-state index >= 15 is 0 Å². The Balaban J connectivity index is 1.75. The number of ether oxygens (including phenoxy) is 2. The average Bonchev–Trinajstić information content (AvgIpc) is 2.89. The molecule has 0 bridgehead atoms. The molecule has 4 N–H and O–H groups in total. The first-order valence-corrected chi connectivity index (χ1v) is 11.4. The molecule has 0 spiro atoms. The molecule has 10 heteroatoms. The topological polar surface area (TPSA) is 165 Å². The summed E-state index contributed by atoms with van der Waals surface area (Å²) in [4.78, 5) is 24.5. The van der Waals surface area contributed by atoms with Gasteiger partial charge in [0.1, 0.15) is 23.3 Å². The van der Waals surface area contributed by atoms with Gasteiger partial charge in [0.2, 0.25) is 0 Å². The number of benzene rings is 2. The molecule has 0 aliphatic carbocycles. The molecule has 10 nitrogen and oxygen atoms in total. The van der Waals surface area contributed by atoms with Gasteiger partial charge < -0.3 is 30.3 Å². The molecule has 0 aliphatic rings. The van der Waals surface area contributed by atoms with Crippen molar-refractivity contribution in [3.8, 4) is 35.1 Å². The molecule has 0 saturated heterocycles. The Morgan fingerprint density at radius 3 is 1.51 bits per heavy atom. The first kappa shape index (κ1) is 28.3. The highest BCUT2D eigenvalue weighted by molar-refractivity contribution is 6.02. The second-order valence-electron chi connectivity index (χ2n) is 7.77. The third-order valence-electron chi connectivity index (χ3n) is 5.18. The molecule has 0 unspecified atom stereocenters. The first-order chi connectivity index (χ1) is 17.8. The summed E-state index contributed by atoms with van der Waals surface area (Å²) in [6.45, 7) is 0.675. The normalized spacial score (nSPS) is 11.1. The highest BCUT2D eigenvalue weighted by Gasteiger charge is 2.11. The van der Waals surface area contributed by atoms with E-state index < -0.39 is 11.8 Å². The van der Waals surface area contributed by atoms with E-state index in [2.05, 4.69) is 10.6 Å². The van der Waals surface area contributed by atoms with Crippen LogP contribution in [-0.2, 0) is 9.59 Å². The van der Waals surface area contributed by atoms with E-state index in [-0.39, 0.29) is 34.1 Å². The van der Waals surface area contributed by atoms with Crippen LogP contribution in [-0.4, -0.2) is 49.3 Å². The fourth-order valence-electron chi connectivity index (χ4n) is 3.25. The molecule has 2 rings (SSSR count). The number of aromatic hydroxyl groups is 2. The quantitative estimate of drug-likeness (QED) is 0.195. The lowest BCUT2D eigenvalue weighted by Crippen LogP contribution is -2.27. The van der Waals surface area contributed by atoms with Gasteiger partial charge in [0.15, 0.2) is 23.0 Å². The number of unbranched alkanes of at least 4 members (excludes halogenated alkanes) is 2. The number of carbonyl (C=O) groups excluding carboxylic acids is 2. The molecule has 0 atom stereocenters. The minimum atomic E-state index is -0.528. The van der Waals surface area contributed by atoms with E-state index in [1.807, 2.05) is 12.1 Å². The maximum Gasteiger partial charge on any atom is 0.261 e. The van der Waals surface area contributed by atoms with E-state index in [0.717, 1.165) is 0 Å². The Labute approximate surface area is 215 Å². The Morgan fingerprint density at radius 1 is 0.784 bits per heavy atom. The van der Waals surface area contributed by atoms with Crippen LogP contribution in [0.1, 0.15) is 30.4 Å². The summed E-state index contributed by atoms with van der Waals surface area (Å²) in [6.07, 6.45) is 4.68. The molecule has 0 aromatic heterocycles. The number of phenols is 2. The van der Waals surface area contributed by atoms with Gasteiger partial charge in [-0.15, -0.1) is 0 Å². The summed E-state index contributed by atoms with van der Waals surface area (Å²) in [5.41, 5.74) is 0.765. The van der Waals surface area contributed by atoms with Crippen molar-refractivity contribution in [2.24, 2.45) is 0 Å². The summed E-state index contributed by atoms with van der Waals surface area (Å²) < 4.78 is 9.94. The van der Waals surface area contributed by atoms with Crippen LogP contribution in [0.15, 0.2) is 47.5 Å². The molecule has 192 valence electrons. The van der Waals surface area contributed by atoms with Crippen molar-refractivity contribution in [2.45, 2.75) is 19.3 Å². The van der Waals surface area contributed by atoms with E-state index in [9.17, 15) is 30.3 Å². The van der Waals surface area contributed by atoms with Crippen molar-refractivity contribution >= 4 is 24.0 Å². The van der Waals surface area contributed by atoms with Crippen LogP contribution in [0, 0.1) is 22.7 Å². The smallest absolute Gasteiger partial charge is 0.261 e. The average molecular weight is 505 g/mol. The van der Waals surface area contributed by atoms with Gasteiger partial charge in [0.25, 0.3) is 11.8 Å². The maximum atomic E-state index is 12.3. The Hall–Kier alpha value is -4.96. The highest BCUT2D eigenvalue weighted by atomic mass is 16.5. The van der Waals surface area contributed by atoms with Crippen LogP contribution < -0.4 is 20.1 Å². The minimum absolute atomic E-state index is 0.0987. The van der Waals surface area contributed by atoms with Gasteiger partial charge in [-0.3, -0.25) is 9.59 Å². The number of hydrogen-bond donors (Lipinski definition) is 4. The lowest BCUT2D eigenvalue weighted by atomic mass is 10.1. The third kappa shape index (κ3) is 8.64. The molecule has 0 saturated carbocycles.